The van der Waals surface area contributed by atoms with Gasteiger partial charge in [0.05, 0.1) is 30.6 Å². The van der Waals surface area contributed by atoms with E-state index in [0.717, 1.165) is 24.5 Å². The van der Waals surface area contributed by atoms with Crippen LogP contribution in [0, 0.1) is 11.3 Å². The highest BCUT2D eigenvalue weighted by atomic mass is 16.5. The molecule has 96 valence electrons. The fourth-order valence-electron chi connectivity index (χ4n) is 2.37. The molecule has 0 aliphatic carbocycles. The molecule has 0 bridgehead atoms. The quantitative estimate of drug-likeness (QED) is 0.802. The highest BCUT2D eigenvalue weighted by molar-refractivity contribution is 5.62. The van der Waals surface area contributed by atoms with E-state index >= 15 is 0 Å². The van der Waals surface area contributed by atoms with Crippen LogP contribution in [0.4, 0.5) is 5.69 Å². The molecule has 1 fully saturated rings. The van der Waals surface area contributed by atoms with E-state index in [1.165, 1.54) is 0 Å². The molecule has 0 radical (unpaired) electrons. The average Bonchev–Trinajstić information content (AvgIpc) is 2.36. The van der Waals surface area contributed by atoms with Crippen molar-refractivity contribution < 1.29 is 9.47 Å². The van der Waals surface area contributed by atoms with Crippen molar-refractivity contribution in [3.63, 3.8) is 0 Å². The Morgan fingerprint density at radius 1 is 1.33 bits per heavy atom. The number of ether oxygens (including phenoxy) is 2. The van der Waals surface area contributed by atoms with E-state index < -0.39 is 0 Å². The number of nitrogens with zero attached hydrogens (tertiary/aromatic N) is 2. The van der Waals surface area contributed by atoms with Crippen molar-refractivity contribution in [2.24, 2.45) is 0 Å². The molecule has 2 rings (SSSR count). The maximum Gasteiger partial charge on any atom is 0.121 e. The highest BCUT2D eigenvalue weighted by Gasteiger charge is 2.24. The number of hydrogen-bond acceptors (Lipinski definition) is 4. The summed E-state index contributed by atoms with van der Waals surface area (Å²) in [5.41, 5.74) is 1.61. The predicted octanol–water partition coefficient (Wildman–Crippen LogP) is 2.18. The molecule has 1 aliphatic rings. The maximum absolute atomic E-state index is 9.20. The lowest BCUT2D eigenvalue weighted by atomic mass is 10.1. The van der Waals surface area contributed by atoms with Crippen molar-refractivity contribution in [3.8, 4) is 11.8 Å². The van der Waals surface area contributed by atoms with Gasteiger partial charge in [0.2, 0.25) is 0 Å². The Bertz CT molecular complexity index is 457. The van der Waals surface area contributed by atoms with Crippen LogP contribution in [0.15, 0.2) is 18.2 Å². The van der Waals surface area contributed by atoms with E-state index in [9.17, 15) is 5.26 Å². The first-order valence-corrected chi connectivity index (χ1v) is 6.12. The Kier molecular flexibility index (Phi) is 3.73. The monoisotopic (exact) mass is 246 g/mol. The van der Waals surface area contributed by atoms with E-state index in [4.69, 9.17) is 9.47 Å². The molecule has 1 aliphatic heterocycles. The predicted molar refractivity (Wildman–Crippen MR) is 69.9 cm³/mol. The Labute approximate surface area is 108 Å². The molecule has 18 heavy (non-hydrogen) atoms. The molecule has 0 aromatic heterocycles. The van der Waals surface area contributed by atoms with E-state index in [1.807, 2.05) is 12.1 Å². The molecule has 4 heteroatoms. The van der Waals surface area contributed by atoms with Crippen LogP contribution in [-0.2, 0) is 4.74 Å². The van der Waals surface area contributed by atoms with Gasteiger partial charge < -0.3 is 14.4 Å². The number of hydrogen-bond donors (Lipinski definition) is 0. The Hall–Kier alpha value is -1.73. The Morgan fingerprint density at radius 2 is 2.00 bits per heavy atom. The number of methoxy groups -OCH3 is 1. The number of anilines is 1. The summed E-state index contributed by atoms with van der Waals surface area (Å²) in [6.45, 7) is 5.70. The topological polar surface area (TPSA) is 45.5 Å². The molecule has 0 N–H and O–H groups in total. The smallest absolute Gasteiger partial charge is 0.121 e. The Balaban J connectivity index is 2.33. The van der Waals surface area contributed by atoms with Crippen LogP contribution >= 0.6 is 0 Å². The summed E-state index contributed by atoms with van der Waals surface area (Å²) in [6, 6.07) is 7.78. The third kappa shape index (κ3) is 2.57. The normalized spacial score (nSPS) is 23.6. The third-order valence-corrected chi connectivity index (χ3v) is 3.09. The minimum Gasteiger partial charge on any atom is -0.497 e. The first kappa shape index (κ1) is 12.7. The first-order valence-electron chi connectivity index (χ1n) is 6.12. The van der Waals surface area contributed by atoms with Gasteiger partial charge >= 0.3 is 0 Å². The van der Waals surface area contributed by atoms with Gasteiger partial charge in [0, 0.05) is 19.2 Å². The van der Waals surface area contributed by atoms with Crippen LogP contribution in [-0.4, -0.2) is 32.4 Å². The van der Waals surface area contributed by atoms with Crippen LogP contribution < -0.4 is 9.64 Å². The summed E-state index contributed by atoms with van der Waals surface area (Å²) in [6.07, 6.45) is 0.345. The fourth-order valence-corrected chi connectivity index (χ4v) is 2.37. The zero-order valence-corrected chi connectivity index (χ0v) is 11.0. The molecular weight excluding hydrogens is 228 g/mol. The van der Waals surface area contributed by atoms with Gasteiger partial charge in [-0.05, 0) is 26.0 Å². The second-order valence-electron chi connectivity index (χ2n) is 4.66. The van der Waals surface area contributed by atoms with Gasteiger partial charge in [-0.2, -0.15) is 5.26 Å². The molecule has 4 nitrogen and oxygen atoms in total. The first-order chi connectivity index (χ1) is 8.63. The summed E-state index contributed by atoms with van der Waals surface area (Å²) in [4.78, 5) is 2.19. The van der Waals surface area contributed by atoms with Gasteiger partial charge in [-0.1, -0.05) is 0 Å². The molecule has 1 saturated heterocycles. The van der Waals surface area contributed by atoms with Gasteiger partial charge in [0.25, 0.3) is 0 Å². The van der Waals surface area contributed by atoms with Crippen LogP contribution in [0.2, 0.25) is 0 Å². The minimum atomic E-state index is 0.173. The summed E-state index contributed by atoms with van der Waals surface area (Å²) >= 11 is 0. The lowest BCUT2D eigenvalue weighted by molar-refractivity contribution is -0.00524. The zero-order chi connectivity index (χ0) is 13.1. The molecule has 0 amide bonds. The highest BCUT2D eigenvalue weighted by Crippen LogP contribution is 2.28. The molecular formula is C14H18N2O2. The van der Waals surface area contributed by atoms with Gasteiger partial charge in [0.15, 0.2) is 0 Å². The molecule has 0 spiro atoms. The lowest BCUT2D eigenvalue weighted by Crippen LogP contribution is -2.45. The molecule has 0 saturated carbocycles. The van der Waals surface area contributed by atoms with Crippen molar-refractivity contribution in [3.05, 3.63) is 23.8 Å². The number of morpholine rings is 1. The lowest BCUT2D eigenvalue weighted by Gasteiger charge is -2.37. The summed E-state index contributed by atoms with van der Waals surface area (Å²) in [5, 5.41) is 9.20. The molecule has 1 aromatic rings. The van der Waals surface area contributed by atoms with Crippen LogP contribution in [0.5, 0.6) is 5.75 Å². The largest absolute Gasteiger partial charge is 0.497 e. The van der Waals surface area contributed by atoms with Gasteiger partial charge in [-0.3, -0.25) is 0 Å². The number of rotatable bonds is 2. The average molecular weight is 246 g/mol. The van der Waals surface area contributed by atoms with Gasteiger partial charge in [-0.25, -0.2) is 0 Å². The standard InChI is InChI=1S/C14H18N2O2/c1-10-8-16(9-11(2)18-10)14-6-13(17-3)5-4-12(14)7-15/h4-6,10-11H,8-9H2,1-3H3/t10-,11+. The van der Waals surface area contributed by atoms with Crippen molar-refractivity contribution in [2.45, 2.75) is 26.1 Å². The summed E-state index contributed by atoms with van der Waals surface area (Å²) in [7, 11) is 1.63. The van der Waals surface area contributed by atoms with Crippen LogP contribution in [0.1, 0.15) is 19.4 Å². The molecule has 2 atom stereocenters. The maximum atomic E-state index is 9.20. The van der Waals surface area contributed by atoms with Crippen molar-refractivity contribution >= 4 is 5.69 Å². The second kappa shape index (κ2) is 5.28. The molecule has 1 aromatic carbocycles. The fraction of sp³-hybridized carbons (Fsp3) is 0.500. The van der Waals surface area contributed by atoms with E-state index in [-0.39, 0.29) is 12.2 Å². The SMILES string of the molecule is COc1ccc(C#N)c(N2C[C@@H](C)O[C@@H](C)C2)c1. The van der Waals surface area contributed by atoms with Crippen molar-refractivity contribution in [1.82, 2.24) is 0 Å². The van der Waals surface area contributed by atoms with Crippen LogP contribution in [0.3, 0.4) is 0 Å². The summed E-state index contributed by atoms with van der Waals surface area (Å²) < 4.78 is 10.9. The van der Waals surface area contributed by atoms with E-state index in [2.05, 4.69) is 24.8 Å². The molecule has 0 unspecified atom stereocenters. The number of nitriles is 1. The van der Waals surface area contributed by atoms with E-state index in [1.54, 1.807) is 13.2 Å². The Morgan fingerprint density at radius 3 is 2.56 bits per heavy atom. The summed E-state index contributed by atoms with van der Waals surface area (Å²) in [5.74, 6) is 0.774. The number of benzene rings is 1. The van der Waals surface area contributed by atoms with Crippen molar-refractivity contribution in [1.29, 1.82) is 5.26 Å². The second-order valence-corrected chi connectivity index (χ2v) is 4.66. The minimum absolute atomic E-state index is 0.173. The van der Waals surface area contributed by atoms with E-state index in [0.29, 0.717) is 5.56 Å². The zero-order valence-electron chi connectivity index (χ0n) is 11.0. The van der Waals surface area contributed by atoms with Gasteiger partial charge in [0.1, 0.15) is 11.8 Å². The van der Waals surface area contributed by atoms with Crippen LogP contribution in [0.25, 0.3) is 0 Å². The third-order valence-electron chi connectivity index (χ3n) is 3.09. The van der Waals surface area contributed by atoms with Gasteiger partial charge in [-0.15, -0.1) is 0 Å². The van der Waals surface area contributed by atoms with Crippen molar-refractivity contribution in [2.75, 3.05) is 25.1 Å². The molecule has 1 heterocycles.